The molecule has 1 aromatic carbocycles. The van der Waals surface area contributed by atoms with Crippen molar-refractivity contribution in [2.24, 2.45) is 0 Å². The minimum Gasteiger partial charge on any atom is -0.356 e. The molecule has 18 heavy (non-hydrogen) atoms. The van der Waals surface area contributed by atoms with Crippen LogP contribution in [0.2, 0.25) is 0 Å². The second kappa shape index (κ2) is 8.98. The first-order chi connectivity index (χ1) is 8.72. The molecule has 1 aromatic rings. The standard InChI is InChI=1S/C15H22ClNO/c1-13-5-7-14(8-6-13)9-10-15(18)17-12-4-2-3-11-16/h5-8H,2-4,9-12H2,1H3,(H,17,18). The molecule has 0 radical (unpaired) electrons. The third-order valence-electron chi connectivity index (χ3n) is 2.89. The SMILES string of the molecule is Cc1ccc(CCC(=O)NCCCCCCl)cc1. The van der Waals surface area contributed by atoms with E-state index in [0.717, 1.165) is 32.2 Å². The second-order valence-corrected chi connectivity index (χ2v) is 4.96. The third-order valence-corrected chi connectivity index (χ3v) is 3.16. The van der Waals surface area contributed by atoms with Crippen LogP contribution in [0.15, 0.2) is 24.3 Å². The van der Waals surface area contributed by atoms with Crippen LogP contribution < -0.4 is 5.32 Å². The molecule has 0 unspecified atom stereocenters. The third kappa shape index (κ3) is 6.65. The van der Waals surface area contributed by atoms with E-state index in [-0.39, 0.29) is 5.91 Å². The number of unbranched alkanes of at least 4 members (excludes halogenated alkanes) is 2. The monoisotopic (exact) mass is 267 g/mol. The fraction of sp³-hybridized carbons (Fsp3) is 0.533. The Labute approximate surface area is 115 Å². The summed E-state index contributed by atoms with van der Waals surface area (Å²) < 4.78 is 0. The first-order valence-corrected chi connectivity index (χ1v) is 7.14. The molecule has 0 heterocycles. The summed E-state index contributed by atoms with van der Waals surface area (Å²) in [4.78, 5) is 11.6. The molecule has 1 N–H and O–H groups in total. The molecule has 0 spiro atoms. The molecular formula is C15H22ClNO. The average molecular weight is 268 g/mol. The molecule has 3 heteroatoms. The van der Waals surface area contributed by atoms with Crippen LogP contribution in [0.3, 0.4) is 0 Å². The van der Waals surface area contributed by atoms with E-state index in [1.807, 2.05) is 0 Å². The molecular weight excluding hydrogens is 246 g/mol. The minimum atomic E-state index is 0.140. The predicted octanol–water partition coefficient (Wildman–Crippen LogP) is 3.45. The van der Waals surface area contributed by atoms with Gasteiger partial charge in [0.15, 0.2) is 0 Å². The molecule has 2 nitrogen and oxygen atoms in total. The van der Waals surface area contributed by atoms with E-state index in [1.54, 1.807) is 0 Å². The number of carbonyl (C=O) groups excluding carboxylic acids is 1. The molecule has 0 bridgehead atoms. The van der Waals surface area contributed by atoms with Gasteiger partial charge in [0, 0.05) is 18.8 Å². The number of hydrogen-bond acceptors (Lipinski definition) is 1. The van der Waals surface area contributed by atoms with Crippen molar-refractivity contribution >= 4 is 17.5 Å². The number of benzene rings is 1. The Hall–Kier alpha value is -1.02. The van der Waals surface area contributed by atoms with E-state index in [2.05, 4.69) is 36.5 Å². The summed E-state index contributed by atoms with van der Waals surface area (Å²) in [5, 5.41) is 2.94. The second-order valence-electron chi connectivity index (χ2n) is 4.59. The van der Waals surface area contributed by atoms with Gasteiger partial charge in [-0.2, -0.15) is 0 Å². The maximum absolute atomic E-state index is 11.6. The number of nitrogens with one attached hydrogen (secondary N) is 1. The van der Waals surface area contributed by atoms with Gasteiger partial charge in [0.1, 0.15) is 0 Å². The zero-order valence-corrected chi connectivity index (χ0v) is 11.8. The van der Waals surface area contributed by atoms with Crippen LogP contribution in [0, 0.1) is 6.92 Å². The fourth-order valence-corrected chi connectivity index (χ4v) is 1.91. The summed E-state index contributed by atoms with van der Waals surface area (Å²) in [6.07, 6.45) is 4.51. The summed E-state index contributed by atoms with van der Waals surface area (Å²) in [6.45, 7) is 2.83. The van der Waals surface area contributed by atoms with E-state index in [0.29, 0.717) is 12.3 Å². The summed E-state index contributed by atoms with van der Waals surface area (Å²) in [7, 11) is 0. The summed E-state index contributed by atoms with van der Waals surface area (Å²) >= 11 is 5.58. The van der Waals surface area contributed by atoms with Crippen LogP contribution in [-0.4, -0.2) is 18.3 Å². The number of alkyl halides is 1. The number of carbonyl (C=O) groups is 1. The highest BCUT2D eigenvalue weighted by atomic mass is 35.5. The number of aryl methyl sites for hydroxylation is 2. The zero-order valence-electron chi connectivity index (χ0n) is 11.0. The highest BCUT2D eigenvalue weighted by Crippen LogP contribution is 2.05. The van der Waals surface area contributed by atoms with Crippen LogP contribution in [0.5, 0.6) is 0 Å². The molecule has 0 aliphatic rings. The summed E-state index contributed by atoms with van der Waals surface area (Å²) in [5.74, 6) is 0.850. The number of halogens is 1. The molecule has 1 rings (SSSR count). The maximum Gasteiger partial charge on any atom is 0.220 e. The lowest BCUT2D eigenvalue weighted by Gasteiger charge is -2.05. The van der Waals surface area contributed by atoms with Crippen LogP contribution in [0.25, 0.3) is 0 Å². The van der Waals surface area contributed by atoms with Crippen molar-refractivity contribution < 1.29 is 4.79 Å². The van der Waals surface area contributed by atoms with Crippen molar-refractivity contribution in [1.29, 1.82) is 0 Å². The van der Waals surface area contributed by atoms with E-state index in [9.17, 15) is 4.79 Å². The molecule has 100 valence electrons. The van der Waals surface area contributed by atoms with Gasteiger partial charge >= 0.3 is 0 Å². The molecule has 0 aliphatic carbocycles. The van der Waals surface area contributed by atoms with Gasteiger partial charge < -0.3 is 5.32 Å². The Kier molecular flexibility index (Phi) is 7.51. The van der Waals surface area contributed by atoms with E-state index in [4.69, 9.17) is 11.6 Å². The number of rotatable bonds is 8. The van der Waals surface area contributed by atoms with Crippen molar-refractivity contribution in [1.82, 2.24) is 5.32 Å². The van der Waals surface area contributed by atoms with Crippen molar-refractivity contribution in [3.63, 3.8) is 0 Å². The van der Waals surface area contributed by atoms with Crippen molar-refractivity contribution in [3.8, 4) is 0 Å². The van der Waals surface area contributed by atoms with Gasteiger partial charge in [-0.25, -0.2) is 0 Å². The predicted molar refractivity (Wildman–Crippen MR) is 77.1 cm³/mol. The lowest BCUT2D eigenvalue weighted by Crippen LogP contribution is -2.24. The number of hydrogen-bond donors (Lipinski definition) is 1. The lowest BCUT2D eigenvalue weighted by molar-refractivity contribution is -0.121. The van der Waals surface area contributed by atoms with Crippen molar-refractivity contribution in [3.05, 3.63) is 35.4 Å². The van der Waals surface area contributed by atoms with E-state index in [1.165, 1.54) is 11.1 Å². The first kappa shape index (κ1) is 15.0. The van der Waals surface area contributed by atoms with Gasteiger partial charge in [0.2, 0.25) is 5.91 Å². The molecule has 0 aromatic heterocycles. The van der Waals surface area contributed by atoms with Gasteiger partial charge in [0.25, 0.3) is 0 Å². The highest BCUT2D eigenvalue weighted by Gasteiger charge is 2.01. The summed E-state index contributed by atoms with van der Waals surface area (Å²) in [5.41, 5.74) is 2.47. The maximum atomic E-state index is 11.6. The van der Waals surface area contributed by atoms with Crippen LogP contribution in [0.1, 0.15) is 36.8 Å². The molecule has 0 saturated carbocycles. The normalized spacial score (nSPS) is 10.3. The highest BCUT2D eigenvalue weighted by molar-refractivity contribution is 6.17. The Bertz CT molecular complexity index is 348. The minimum absolute atomic E-state index is 0.140. The molecule has 0 aliphatic heterocycles. The zero-order chi connectivity index (χ0) is 13.2. The van der Waals surface area contributed by atoms with Gasteiger partial charge in [-0.1, -0.05) is 36.2 Å². The Morgan fingerprint density at radius 3 is 2.56 bits per heavy atom. The number of amides is 1. The summed E-state index contributed by atoms with van der Waals surface area (Å²) in [6, 6.07) is 8.34. The van der Waals surface area contributed by atoms with E-state index >= 15 is 0 Å². The average Bonchev–Trinajstić information content (AvgIpc) is 2.38. The molecule has 0 fully saturated rings. The lowest BCUT2D eigenvalue weighted by atomic mass is 10.1. The molecule has 0 saturated heterocycles. The first-order valence-electron chi connectivity index (χ1n) is 6.60. The van der Waals surface area contributed by atoms with Crippen LogP contribution in [0.4, 0.5) is 0 Å². The Morgan fingerprint density at radius 2 is 1.89 bits per heavy atom. The smallest absolute Gasteiger partial charge is 0.220 e. The van der Waals surface area contributed by atoms with Gasteiger partial charge in [0.05, 0.1) is 0 Å². The Morgan fingerprint density at radius 1 is 1.17 bits per heavy atom. The fourth-order valence-electron chi connectivity index (χ4n) is 1.73. The molecule has 0 atom stereocenters. The topological polar surface area (TPSA) is 29.1 Å². The van der Waals surface area contributed by atoms with Gasteiger partial charge in [-0.15, -0.1) is 11.6 Å². The quantitative estimate of drug-likeness (QED) is 0.567. The van der Waals surface area contributed by atoms with Crippen molar-refractivity contribution in [2.45, 2.75) is 39.0 Å². The van der Waals surface area contributed by atoms with E-state index < -0.39 is 0 Å². The van der Waals surface area contributed by atoms with Crippen LogP contribution in [-0.2, 0) is 11.2 Å². The van der Waals surface area contributed by atoms with Gasteiger partial charge in [-0.05, 0) is 31.7 Å². The van der Waals surface area contributed by atoms with Gasteiger partial charge in [-0.3, -0.25) is 4.79 Å². The van der Waals surface area contributed by atoms with Crippen molar-refractivity contribution in [2.75, 3.05) is 12.4 Å². The largest absolute Gasteiger partial charge is 0.356 e. The Balaban J connectivity index is 2.11. The molecule has 1 amide bonds. The van der Waals surface area contributed by atoms with Crippen LogP contribution >= 0.6 is 11.6 Å².